The summed E-state index contributed by atoms with van der Waals surface area (Å²) in [6, 6.07) is 13.1. The van der Waals surface area contributed by atoms with Crippen LogP contribution in [0, 0.1) is 5.82 Å². The average molecular weight is 404 g/mol. The van der Waals surface area contributed by atoms with Crippen molar-refractivity contribution < 1.29 is 14.3 Å². The maximum Gasteiger partial charge on any atom is 0.164 e. The summed E-state index contributed by atoms with van der Waals surface area (Å²) in [5.41, 5.74) is 3.33. The molecule has 1 aromatic heterocycles. The molecule has 2 aromatic carbocycles. The first-order valence-corrected chi connectivity index (χ1v) is 10.0. The molecule has 152 valence electrons. The first kappa shape index (κ1) is 18.7. The SMILES string of the molecule is O=C1C[C@@H](c2ccc(F)cc2)[C@@H](n2cncn2)C(O)=C1[C@@H]1NCCc2ccccc21. The van der Waals surface area contributed by atoms with Gasteiger partial charge in [0.05, 0.1) is 11.6 Å². The van der Waals surface area contributed by atoms with E-state index in [4.69, 9.17) is 0 Å². The summed E-state index contributed by atoms with van der Waals surface area (Å²) >= 11 is 0. The Labute approximate surface area is 173 Å². The van der Waals surface area contributed by atoms with E-state index in [1.807, 2.05) is 18.2 Å². The van der Waals surface area contributed by atoms with Gasteiger partial charge >= 0.3 is 0 Å². The van der Waals surface area contributed by atoms with Crippen molar-refractivity contribution in [3.63, 3.8) is 0 Å². The summed E-state index contributed by atoms with van der Waals surface area (Å²) in [5.74, 6) is -0.850. The van der Waals surface area contributed by atoms with Crippen LogP contribution in [0.2, 0.25) is 0 Å². The Morgan fingerprint density at radius 2 is 1.93 bits per heavy atom. The maximum atomic E-state index is 13.5. The predicted octanol–water partition coefficient (Wildman–Crippen LogP) is 3.41. The van der Waals surface area contributed by atoms with E-state index in [9.17, 15) is 14.3 Å². The minimum Gasteiger partial charge on any atom is -0.510 e. The standard InChI is InChI=1S/C23H21FN4O2/c24-16-7-5-15(6-8-16)18-11-19(29)20(23(30)22(18)28-13-25-12-27-28)21-17-4-2-1-3-14(17)9-10-26-21/h1-8,12-13,18,21-22,26,30H,9-11H2/t18-,21+,22+/m0/s1. The minimum atomic E-state index is -0.596. The van der Waals surface area contributed by atoms with E-state index in [2.05, 4.69) is 21.5 Å². The molecule has 0 amide bonds. The van der Waals surface area contributed by atoms with Crippen LogP contribution in [0.15, 0.2) is 72.5 Å². The van der Waals surface area contributed by atoms with Crippen LogP contribution in [0.25, 0.3) is 0 Å². The van der Waals surface area contributed by atoms with Crippen molar-refractivity contribution in [2.45, 2.75) is 30.8 Å². The van der Waals surface area contributed by atoms with E-state index in [0.29, 0.717) is 5.57 Å². The van der Waals surface area contributed by atoms with Crippen molar-refractivity contribution in [3.05, 3.63) is 95.0 Å². The summed E-state index contributed by atoms with van der Waals surface area (Å²) in [6.45, 7) is 0.723. The van der Waals surface area contributed by atoms with Crippen LogP contribution in [-0.2, 0) is 11.2 Å². The minimum absolute atomic E-state index is 0.0136. The number of rotatable bonds is 3. The van der Waals surface area contributed by atoms with E-state index < -0.39 is 6.04 Å². The molecule has 0 radical (unpaired) electrons. The van der Waals surface area contributed by atoms with Gasteiger partial charge in [0, 0.05) is 18.9 Å². The normalized spacial score (nSPS) is 24.0. The number of carbonyl (C=O) groups is 1. The lowest BCUT2D eigenvalue weighted by Crippen LogP contribution is -2.38. The molecule has 0 unspecified atom stereocenters. The smallest absolute Gasteiger partial charge is 0.164 e. The van der Waals surface area contributed by atoms with Crippen molar-refractivity contribution in [3.8, 4) is 0 Å². The fourth-order valence-corrected chi connectivity index (χ4v) is 4.67. The molecule has 0 bridgehead atoms. The molecule has 2 heterocycles. The van der Waals surface area contributed by atoms with Crippen LogP contribution >= 0.6 is 0 Å². The van der Waals surface area contributed by atoms with Gasteiger partial charge in [-0.05, 0) is 35.2 Å². The van der Waals surface area contributed by atoms with E-state index in [1.165, 1.54) is 30.4 Å². The Kier molecular flexibility index (Phi) is 4.67. The summed E-state index contributed by atoms with van der Waals surface area (Å²) in [6.07, 6.45) is 4.00. The predicted molar refractivity (Wildman–Crippen MR) is 108 cm³/mol. The highest BCUT2D eigenvalue weighted by molar-refractivity contribution is 5.99. The number of allylic oxidation sites excluding steroid dienone is 1. The van der Waals surface area contributed by atoms with Crippen molar-refractivity contribution in [2.75, 3.05) is 6.54 Å². The zero-order chi connectivity index (χ0) is 20.7. The lowest BCUT2D eigenvalue weighted by Gasteiger charge is -2.36. The van der Waals surface area contributed by atoms with Gasteiger partial charge in [0.1, 0.15) is 30.3 Å². The fraction of sp³-hybridized carbons (Fsp3) is 0.261. The number of Topliss-reactive ketones (excluding diaryl/α,β-unsaturated/α-hetero) is 1. The Morgan fingerprint density at radius 1 is 1.13 bits per heavy atom. The van der Waals surface area contributed by atoms with Gasteiger partial charge in [-0.25, -0.2) is 14.1 Å². The number of benzene rings is 2. The second-order valence-electron chi connectivity index (χ2n) is 7.74. The maximum absolute atomic E-state index is 13.5. The van der Waals surface area contributed by atoms with Crippen LogP contribution in [0.3, 0.4) is 0 Å². The molecule has 7 heteroatoms. The first-order valence-electron chi connectivity index (χ1n) is 10.0. The molecule has 30 heavy (non-hydrogen) atoms. The number of aromatic nitrogens is 3. The average Bonchev–Trinajstić information content (AvgIpc) is 3.28. The van der Waals surface area contributed by atoms with Crippen LogP contribution in [-0.4, -0.2) is 32.2 Å². The molecule has 0 saturated heterocycles. The lowest BCUT2D eigenvalue weighted by molar-refractivity contribution is -0.117. The van der Waals surface area contributed by atoms with E-state index in [1.54, 1.807) is 16.8 Å². The molecular formula is C23H21FN4O2. The largest absolute Gasteiger partial charge is 0.510 e. The molecule has 3 aromatic rings. The number of nitrogens with one attached hydrogen (secondary N) is 1. The molecule has 2 N–H and O–H groups in total. The lowest BCUT2D eigenvalue weighted by atomic mass is 9.75. The van der Waals surface area contributed by atoms with Gasteiger partial charge in [0.25, 0.3) is 0 Å². The summed E-state index contributed by atoms with van der Waals surface area (Å²) in [7, 11) is 0. The van der Waals surface area contributed by atoms with Gasteiger partial charge < -0.3 is 10.4 Å². The number of ketones is 1. The number of halogens is 1. The van der Waals surface area contributed by atoms with Crippen molar-refractivity contribution in [1.29, 1.82) is 0 Å². The van der Waals surface area contributed by atoms with Crippen molar-refractivity contribution >= 4 is 5.78 Å². The number of aliphatic hydroxyl groups is 1. The van der Waals surface area contributed by atoms with Crippen LogP contribution in [0.5, 0.6) is 0 Å². The molecule has 0 fully saturated rings. The number of hydrogen-bond acceptors (Lipinski definition) is 5. The number of carbonyl (C=O) groups excluding carboxylic acids is 1. The second kappa shape index (κ2) is 7.50. The molecule has 1 aliphatic heterocycles. The van der Waals surface area contributed by atoms with Crippen LogP contribution < -0.4 is 5.32 Å². The zero-order valence-corrected chi connectivity index (χ0v) is 16.2. The van der Waals surface area contributed by atoms with Crippen LogP contribution in [0.1, 0.15) is 41.1 Å². The highest BCUT2D eigenvalue weighted by Gasteiger charge is 2.42. The van der Waals surface area contributed by atoms with Gasteiger partial charge in [-0.1, -0.05) is 36.4 Å². The Bertz CT molecular complexity index is 1110. The summed E-state index contributed by atoms with van der Waals surface area (Å²) < 4.78 is 15.0. The Balaban J connectivity index is 1.64. The fourth-order valence-electron chi connectivity index (χ4n) is 4.67. The third-order valence-electron chi connectivity index (χ3n) is 6.06. The summed E-state index contributed by atoms with van der Waals surface area (Å²) in [5, 5.41) is 19.0. The zero-order valence-electron chi connectivity index (χ0n) is 16.2. The van der Waals surface area contributed by atoms with Crippen molar-refractivity contribution in [1.82, 2.24) is 20.1 Å². The summed E-state index contributed by atoms with van der Waals surface area (Å²) in [4.78, 5) is 17.3. The van der Waals surface area contributed by atoms with E-state index >= 15 is 0 Å². The van der Waals surface area contributed by atoms with Gasteiger partial charge in [0.2, 0.25) is 0 Å². The molecule has 2 aliphatic rings. The molecular weight excluding hydrogens is 383 g/mol. The Morgan fingerprint density at radius 3 is 2.70 bits per heavy atom. The quantitative estimate of drug-likeness (QED) is 0.699. The van der Waals surface area contributed by atoms with Gasteiger partial charge in [-0.15, -0.1) is 0 Å². The monoisotopic (exact) mass is 404 g/mol. The van der Waals surface area contributed by atoms with E-state index in [-0.39, 0.29) is 35.7 Å². The highest BCUT2D eigenvalue weighted by Crippen LogP contribution is 2.45. The number of nitrogens with zero attached hydrogens (tertiary/aromatic N) is 3. The number of hydrogen-bond donors (Lipinski definition) is 2. The number of aliphatic hydroxyl groups excluding tert-OH is 1. The molecule has 0 spiro atoms. The third kappa shape index (κ3) is 3.11. The van der Waals surface area contributed by atoms with Crippen LogP contribution in [0.4, 0.5) is 4.39 Å². The van der Waals surface area contributed by atoms with Gasteiger partial charge in [0.15, 0.2) is 5.78 Å². The molecule has 1 aliphatic carbocycles. The molecule has 5 rings (SSSR count). The van der Waals surface area contributed by atoms with Gasteiger partial charge in [-0.3, -0.25) is 4.79 Å². The number of fused-ring (bicyclic) bond motifs is 1. The third-order valence-corrected chi connectivity index (χ3v) is 6.06. The van der Waals surface area contributed by atoms with Gasteiger partial charge in [-0.2, -0.15) is 5.10 Å². The highest BCUT2D eigenvalue weighted by atomic mass is 19.1. The molecule has 6 nitrogen and oxygen atoms in total. The topological polar surface area (TPSA) is 80.0 Å². The molecule has 0 saturated carbocycles. The molecule has 3 atom stereocenters. The first-order chi connectivity index (χ1) is 14.6. The van der Waals surface area contributed by atoms with Crippen molar-refractivity contribution in [2.24, 2.45) is 0 Å². The van der Waals surface area contributed by atoms with E-state index in [0.717, 1.165) is 24.1 Å². The Hall–Kier alpha value is -3.32. The second-order valence-corrected chi connectivity index (χ2v) is 7.74.